The number of aromatic nitrogens is 1. The Morgan fingerprint density at radius 3 is 2.80 bits per heavy atom. The summed E-state index contributed by atoms with van der Waals surface area (Å²) in [5.74, 6) is 0.244. The summed E-state index contributed by atoms with van der Waals surface area (Å²) in [5.41, 5.74) is 6.40. The molecular weight excluding hydrogens is 392 g/mol. The first-order valence-electron chi connectivity index (χ1n) is 10.9. The highest BCUT2D eigenvalue weighted by atomic mass is 32.1. The minimum Gasteiger partial charge on any atom is -0.342 e. The zero-order valence-corrected chi connectivity index (χ0v) is 18.1. The fourth-order valence-electron chi connectivity index (χ4n) is 5.04. The van der Waals surface area contributed by atoms with Crippen LogP contribution in [-0.4, -0.2) is 34.7 Å². The largest absolute Gasteiger partial charge is 0.342 e. The Hall–Kier alpha value is -2.53. The van der Waals surface area contributed by atoms with Crippen molar-refractivity contribution in [3.05, 3.63) is 63.1 Å². The molecule has 1 saturated heterocycles. The molecule has 4 nitrogen and oxygen atoms in total. The number of hydrogen-bond acceptors (Lipinski definition) is 4. The molecule has 0 N–H and O–H groups in total. The Labute approximate surface area is 180 Å². The molecule has 1 aromatic heterocycles. The van der Waals surface area contributed by atoms with Crippen molar-refractivity contribution >= 4 is 33.8 Å². The molecule has 0 spiro atoms. The average molecular weight is 419 g/mol. The minimum atomic E-state index is -0.105. The number of amides is 1. The third kappa shape index (κ3) is 3.45. The monoisotopic (exact) mass is 418 g/mol. The molecule has 30 heavy (non-hydrogen) atoms. The second-order valence-electron chi connectivity index (χ2n) is 8.52. The van der Waals surface area contributed by atoms with Crippen LogP contribution in [0.25, 0.3) is 10.8 Å². The van der Waals surface area contributed by atoms with Crippen LogP contribution in [0.15, 0.2) is 35.8 Å². The molecule has 3 aromatic rings. The van der Waals surface area contributed by atoms with Crippen LogP contribution in [-0.2, 0) is 24.1 Å². The van der Waals surface area contributed by atoms with Crippen molar-refractivity contribution in [1.82, 2.24) is 9.88 Å². The van der Waals surface area contributed by atoms with Crippen molar-refractivity contribution in [3.8, 4) is 0 Å². The molecule has 2 aromatic carbocycles. The molecule has 0 radical (unpaired) electrons. The van der Waals surface area contributed by atoms with E-state index in [-0.39, 0.29) is 17.6 Å². The summed E-state index contributed by atoms with van der Waals surface area (Å²) in [6, 6.07) is 10.5. The van der Waals surface area contributed by atoms with Crippen LogP contribution in [0.4, 0.5) is 0 Å². The zero-order chi connectivity index (χ0) is 20.7. The number of piperidine rings is 1. The molecule has 154 valence electrons. The Morgan fingerprint density at radius 1 is 1.17 bits per heavy atom. The second-order valence-corrected chi connectivity index (χ2v) is 9.46. The maximum Gasteiger partial charge on any atom is 0.222 e. The molecule has 1 atom stereocenters. The highest BCUT2D eigenvalue weighted by molar-refractivity contribution is 7.09. The molecule has 1 aliphatic heterocycles. The van der Waals surface area contributed by atoms with E-state index in [2.05, 4.69) is 29.2 Å². The number of likely N-dealkylation sites (tertiary alicyclic amines) is 1. The van der Waals surface area contributed by atoms with Crippen LogP contribution in [0.1, 0.15) is 51.3 Å². The van der Waals surface area contributed by atoms with Gasteiger partial charge in [0.05, 0.1) is 11.2 Å². The molecule has 1 fully saturated rings. The van der Waals surface area contributed by atoms with Crippen molar-refractivity contribution in [2.75, 3.05) is 13.1 Å². The van der Waals surface area contributed by atoms with Crippen LogP contribution in [0.3, 0.4) is 0 Å². The van der Waals surface area contributed by atoms with Gasteiger partial charge in [-0.2, -0.15) is 0 Å². The van der Waals surface area contributed by atoms with Gasteiger partial charge in [0.1, 0.15) is 0 Å². The summed E-state index contributed by atoms with van der Waals surface area (Å²) < 4.78 is 0. The van der Waals surface area contributed by atoms with Crippen molar-refractivity contribution in [2.24, 2.45) is 5.92 Å². The predicted octanol–water partition coefficient (Wildman–Crippen LogP) is 4.76. The lowest BCUT2D eigenvalue weighted by atomic mass is 9.87. The van der Waals surface area contributed by atoms with Gasteiger partial charge in [-0.05, 0) is 60.9 Å². The number of Topliss-reactive ketones (excluding diaryl/α,β-unsaturated/α-hetero) is 1. The van der Waals surface area contributed by atoms with Crippen LogP contribution in [0.2, 0.25) is 0 Å². The van der Waals surface area contributed by atoms with Gasteiger partial charge < -0.3 is 4.90 Å². The summed E-state index contributed by atoms with van der Waals surface area (Å²) in [7, 11) is 0. The van der Waals surface area contributed by atoms with E-state index in [1.807, 2.05) is 23.4 Å². The second kappa shape index (κ2) is 7.95. The van der Waals surface area contributed by atoms with Gasteiger partial charge in [-0.25, -0.2) is 4.98 Å². The lowest BCUT2D eigenvalue weighted by molar-refractivity contribution is -0.132. The maximum atomic E-state index is 13.5. The van der Waals surface area contributed by atoms with Gasteiger partial charge >= 0.3 is 0 Å². The predicted molar refractivity (Wildman–Crippen MR) is 120 cm³/mol. The van der Waals surface area contributed by atoms with Crippen LogP contribution in [0, 0.1) is 12.8 Å². The molecule has 1 aliphatic carbocycles. The molecule has 0 unspecified atom stereocenters. The highest BCUT2D eigenvalue weighted by Gasteiger charge is 2.30. The smallest absolute Gasteiger partial charge is 0.222 e. The average Bonchev–Trinajstić information content (AvgIpc) is 3.39. The van der Waals surface area contributed by atoms with Gasteiger partial charge in [0.2, 0.25) is 5.91 Å². The zero-order valence-electron chi connectivity index (χ0n) is 17.3. The normalized spacial score (nSPS) is 18.2. The van der Waals surface area contributed by atoms with Gasteiger partial charge in [0, 0.05) is 35.9 Å². The summed E-state index contributed by atoms with van der Waals surface area (Å²) in [5, 5.41) is 2.38. The van der Waals surface area contributed by atoms with E-state index in [0.717, 1.165) is 55.3 Å². The summed E-state index contributed by atoms with van der Waals surface area (Å²) in [6.07, 6.45) is 5.11. The molecule has 2 aliphatic rings. The van der Waals surface area contributed by atoms with Gasteiger partial charge in [-0.1, -0.05) is 30.3 Å². The lowest BCUT2D eigenvalue weighted by Crippen LogP contribution is -2.42. The summed E-state index contributed by atoms with van der Waals surface area (Å²) in [6.45, 7) is 3.29. The Kier molecular flexibility index (Phi) is 5.15. The molecule has 5 heteroatoms. The fraction of sp³-hybridized carbons (Fsp3) is 0.400. The number of aryl methyl sites for hydroxylation is 4. The van der Waals surface area contributed by atoms with E-state index in [1.54, 1.807) is 11.3 Å². The lowest BCUT2D eigenvalue weighted by Gasteiger charge is -2.32. The van der Waals surface area contributed by atoms with E-state index in [9.17, 15) is 9.59 Å². The molecule has 2 heterocycles. The number of carbonyl (C=O) groups is 2. The third-order valence-corrected chi connectivity index (χ3v) is 7.69. The van der Waals surface area contributed by atoms with Crippen LogP contribution >= 0.6 is 11.3 Å². The number of carbonyl (C=O) groups excluding carboxylic acids is 2. The topological polar surface area (TPSA) is 50.3 Å². The fourth-order valence-corrected chi connectivity index (χ4v) is 5.83. The number of ketones is 1. The standard InChI is InChI=1S/C25H26N2O2S/c1-16-22(30-15-26-16)11-12-23(28)27-13-3-5-19(14-27)25(29)21-10-9-18-8-7-17-4-2-6-20(21)24(17)18/h2,4,6,9-10,15,19H,3,5,7-8,11-14H2,1H3/t19-/m1/s1. The first-order valence-corrected chi connectivity index (χ1v) is 11.7. The van der Waals surface area contributed by atoms with E-state index in [1.165, 1.54) is 21.4 Å². The Bertz CT molecular complexity index is 1120. The quantitative estimate of drug-likeness (QED) is 0.562. The van der Waals surface area contributed by atoms with Crippen molar-refractivity contribution in [3.63, 3.8) is 0 Å². The number of thiazole rings is 1. The first kappa shape index (κ1) is 19.4. The summed E-state index contributed by atoms with van der Waals surface area (Å²) in [4.78, 5) is 33.6. The highest BCUT2D eigenvalue weighted by Crippen LogP contribution is 2.34. The third-order valence-electron chi connectivity index (χ3n) is 6.70. The van der Waals surface area contributed by atoms with Crippen LogP contribution < -0.4 is 0 Å². The van der Waals surface area contributed by atoms with Gasteiger partial charge in [-0.15, -0.1) is 11.3 Å². The van der Waals surface area contributed by atoms with Crippen LogP contribution in [0.5, 0.6) is 0 Å². The van der Waals surface area contributed by atoms with Crippen molar-refractivity contribution in [1.29, 1.82) is 0 Å². The van der Waals surface area contributed by atoms with E-state index in [0.29, 0.717) is 13.0 Å². The van der Waals surface area contributed by atoms with Crippen molar-refractivity contribution in [2.45, 2.75) is 45.4 Å². The molecule has 1 amide bonds. The Balaban J connectivity index is 1.32. The first-order chi connectivity index (χ1) is 14.6. The number of nitrogens with zero attached hydrogens (tertiary/aromatic N) is 2. The summed E-state index contributed by atoms with van der Waals surface area (Å²) >= 11 is 1.61. The van der Waals surface area contributed by atoms with Gasteiger partial charge in [0.15, 0.2) is 5.78 Å². The van der Waals surface area contributed by atoms with E-state index < -0.39 is 0 Å². The van der Waals surface area contributed by atoms with Crippen molar-refractivity contribution < 1.29 is 9.59 Å². The number of hydrogen-bond donors (Lipinski definition) is 0. The molecule has 0 saturated carbocycles. The van der Waals surface area contributed by atoms with Gasteiger partial charge in [0.25, 0.3) is 0 Å². The van der Waals surface area contributed by atoms with E-state index >= 15 is 0 Å². The number of benzene rings is 2. The SMILES string of the molecule is Cc1ncsc1CCC(=O)N1CCC[C@@H](C(=O)c2ccc3c4c(cccc24)CC3)C1. The molecule has 0 bridgehead atoms. The Morgan fingerprint density at radius 2 is 2.00 bits per heavy atom. The molecule has 5 rings (SSSR count). The van der Waals surface area contributed by atoms with Gasteiger partial charge in [-0.3, -0.25) is 9.59 Å². The molecular formula is C25H26N2O2S. The number of rotatable bonds is 5. The minimum absolute atomic E-state index is 0.105. The maximum absolute atomic E-state index is 13.5. The van der Waals surface area contributed by atoms with E-state index in [4.69, 9.17) is 0 Å².